The van der Waals surface area contributed by atoms with Crippen LogP contribution >= 0.6 is 0 Å². The predicted octanol–water partition coefficient (Wildman–Crippen LogP) is 0.230. The molecule has 2 N–H and O–H groups in total. The van der Waals surface area contributed by atoms with Gasteiger partial charge >= 0.3 is 0 Å². The maximum atomic E-state index is 9.47. The summed E-state index contributed by atoms with van der Waals surface area (Å²) in [6.45, 7) is 4.28. The van der Waals surface area contributed by atoms with Gasteiger partial charge in [0.05, 0.1) is 8.80 Å². The van der Waals surface area contributed by atoms with Crippen LogP contribution in [-0.2, 0) is 0 Å². The standard InChI is InChI=1S/C8H14O2Si/c1-11(2)7-5-3-4-6(9)8(7)10/h3-6,8-11H,1-2H3/t6-,8-/m0/s1. The van der Waals surface area contributed by atoms with Gasteiger partial charge in [-0.15, -0.1) is 0 Å². The highest BCUT2D eigenvalue weighted by Gasteiger charge is 2.22. The Morgan fingerprint density at radius 2 is 2.00 bits per heavy atom. The summed E-state index contributed by atoms with van der Waals surface area (Å²) < 4.78 is 0. The minimum absolute atomic E-state index is 0.647. The molecule has 0 spiro atoms. The second kappa shape index (κ2) is 3.34. The molecule has 0 aromatic rings. The lowest BCUT2D eigenvalue weighted by atomic mass is 10.1. The van der Waals surface area contributed by atoms with Crippen molar-refractivity contribution in [3.8, 4) is 0 Å². The molecule has 0 amide bonds. The number of hydrogen-bond donors (Lipinski definition) is 2. The van der Waals surface area contributed by atoms with E-state index in [9.17, 15) is 10.2 Å². The average Bonchev–Trinajstić information content (AvgIpc) is 1.94. The van der Waals surface area contributed by atoms with Gasteiger partial charge in [0, 0.05) is 0 Å². The molecule has 0 aromatic heterocycles. The van der Waals surface area contributed by atoms with Crippen LogP contribution < -0.4 is 0 Å². The van der Waals surface area contributed by atoms with Crippen molar-refractivity contribution >= 4 is 8.80 Å². The molecule has 2 nitrogen and oxygen atoms in total. The molecular formula is C8H14O2Si. The average molecular weight is 170 g/mol. The van der Waals surface area contributed by atoms with Crippen molar-refractivity contribution in [3.63, 3.8) is 0 Å². The quantitative estimate of drug-likeness (QED) is 0.553. The molecule has 2 atom stereocenters. The molecule has 0 fully saturated rings. The van der Waals surface area contributed by atoms with Crippen molar-refractivity contribution < 1.29 is 10.2 Å². The topological polar surface area (TPSA) is 40.5 Å². The summed E-state index contributed by atoms with van der Waals surface area (Å²) >= 11 is 0. The molecule has 1 aliphatic carbocycles. The first-order chi connectivity index (χ1) is 5.13. The van der Waals surface area contributed by atoms with Crippen LogP contribution in [0.15, 0.2) is 23.4 Å². The molecule has 0 aromatic carbocycles. The third-order valence-electron chi connectivity index (χ3n) is 1.93. The van der Waals surface area contributed by atoms with Gasteiger partial charge in [-0.05, 0) is 0 Å². The summed E-state index contributed by atoms with van der Waals surface area (Å²) in [6, 6.07) is 0. The lowest BCUT2D eigenvalue weighted by Gasteiger charge is -2.23. The molecule has 11 heavy (non-hydrogen) atoms. The molecule has 0 heterocycles. The zero-order valence-corrected chi connectivity index (χ0v) is 8.01. The third-order valence-corrected chi connectivity index (χ3v) is 3.80. The van der Waals surface area contributed by atoms with E-state index in [4.69, 9.17) is 0 Å². The van der Waals surface area contributed by atoms with Crippen molar-refractivity contribution in [2.45, 2.75) is 25.3 Å². The zero-order chi connectivity index (χ0) is 8.43. The maximum absolute atomic E-state index is 9.47. The summed E-state index contributed by atoms with van der Waals surface area (Å²) in [4.78, 5) is 0. The zero-order valence-electron chi connectivity index (χ0n) is 6.86. The number of aliphatic hydroxyl groups is 2. The molecule has 0 radical (unpaired) electrons. The van der Waals surface area contributed by atoms with E-state index >= 15 is 0 Å². The van der Waals surface area contributed by atoms with E-state index in [0.29, 0.717) is 0 Å². The molecule has 0 unspecified atom stereocenters. The molecule has 62 valence electrons. The SMILES string of the molecule is C[SiH](C)C1=CC=C[C@H](O)[C@@H]1O. The van der Waals surface area contributed by atoms with E-state index in [-0.39, 0.29) is 0 Å². The van der Waals surface area contributed by atoms with Gasteiger partial charge in [-0.2, -0.15) is 0 Å². The predicted molar refractivity (Wildman–Crippen MR) is 48.1 cm³/mol. The summed E-state index contributed by atoms with van der Waals surface area (Å²) in [5, 5.41) is 19.8. The molecule has 0 saturated carbocycles. The Hall–Kier alpha value is -0.383. The first-order valence-electron chi connectivity index (χ1n) is 3.87. The van der Waals surface area contributed by atoms with Crippen LogP contribution in [0.2, 0.25) is 13.1 Å². The summed E-state index contributed by atoms with van der Waals surface area (Å²) in [5.41, 5.74) is 0. The van der Waals surface area contributed by atoms with E-state index in [1.807, 2.05) is 12.2 Å². The minimum atomic E-state index is -0.948. The number of allylic oxidation sites excluding steroid dienone is 2. The van der Waals surface area contributed by atoms with Crippen LogP contribution in [0.4, 0.5) is 0 Å². The van der Waals surface area contributed by atoms with Crippen LogP contribution in [0, 0.1) is 0 Å². The first kappa shape index (κ1) is 8.71. The monoisotopic (exact) mass is 170 g/mol. The molecule has 1 rings (SSSR count). The molecule has 0 bridgehead atoms. The lowest BCUT2D eigenvalue weighted by Crippen LogP contribution is -2.32. The second-order valence-corrected chi connectivity index (χ2v) is 6.12. The molecule has 0 saturated heterocycles. The second-order valence-electron chi connectivity index (χ2n) is 3.14. The van der Waals surface area contributed by atoms with Gasteiger partial charge in [0.2, 0.25) is 0 Å². The van der Waals surface area contributed by atoms with Crippen LogP contribution in [0.3, 0.4) is 0 Å². The van der Waals surface area contributed by atoms with E-state index in [2.05, 4.69) is 13.1 Å². The third kappa shape index (κ3) is 1.80. The number of rotatable bonds is 1. The van der Waals surface area contributed by atoms with Gasteiger partial charge in [-0.25, -0.2) is 0 Å². The molecular weight excluding hydrogens is 156 g/mol. The normalized spacial score (nSPS) is 30.8. The van der Waals surface area contributed by atoms with Crippen LogP contribution in [-0.4, -0.2) is 31.2 Å². The fraction of sp³-hybridized carbons (Fsp3) is 0.500. The van der Waals surface area contributed by atoms with Crippen molar-refractivity contribution in [1.29, 1.82) is 0 Å². The molecule has 0 aliphatic heterocycles. The fourth-order valence-electron chi connectivity index (χ4n) is 1.22. The number of hydrogen-bond acceptors (Lipinski definition) is 2. The Morgan fingerprint density at radius 1 is 1.36 bits per heavy atom. The summed E-state index contributed by atoms with van der Waals surface area (Å²) in [7, 11) is -0.948. The Balaban J connectivity index is 2.78. The minimum Gasteiger partial charge on any atom is -0.386 e. The van der Waals surface area contributed by atoms with Gasteiger partial charge < -0.3 is 10.2 Å². The number of aliphatic hydroxyl groups excluding tert-OH is 2. The largest absolute Gasteiger partial charge is 0.386 e. The fourth-order valence-corrected chi connectivity index (χ4v) is 2.59. The smallest absolute Gasteiger partial charge is 0.102 e. The van der Waals surface area contributed by atoms with Gasteiger partial charge in [0.25, 0.3) is 0 Å². The Labute approximate surface area is 68.5 Å². The molecule has 3 heteroatoms. The van der Waals surface area contributed by atoms with E-state index in [1.54, 1.807) is 6.08 Å². The van der Waals surface area contributed by atoms with Crippen LogP contribution in [0.25, 0.3) is 0 Å². The summed E-state index contributed by atoms with van der Waals surface area (Å²) in [6.07, 6.45) is 4.02. The van der Waals surface area contributed by atoms with E-state index in [0.717, 1.165) is 5.20 Å². The first-order valence-corrected chi connectivity index (χ1v) is 6.76. The van der Waals surface area contributed by atoms with Gasteiger partial charge in [-0.3, -0.25) is 0 Å². The Kier molecular flexibility index (Phi) is 2.65. The maximum Gasteiger partial charge on any atom is 0.102 e. The molecule has 1 aliphatic rings. The van der Waals surface area contributed by atoms with Crippen molar-refractivity contribution in [1.82, 2.24) is 0 Å². The van der Waals surface area contributed by atoms with E-state index in [1.165, 1.54) is 0 Å². The van der Waals surface area contributed by atoms with Crippen molar-refractivity contribution in [2.75, 3.05) is 0 Å². The highest BCUT2D eigenvalue weighted by molar-refractivity contribution is 6.64. The van der Waals surface area contributed by atoms with E-state index < -0.39 is 21.0 Å². The summed E-state index contributed by atoms with van der Waals surface area (Å²) in [5.74, 6) is 0. The van der Waals surface area contributed by atoms with Crippen molar-refractivity contribution in [2.24, 2.45) is 0 Å². The highest BCUT2D eigenvalue weighted by Crippen LogP contribution is 2.16. The lowest BCUT2D eigenvalue weighted by molar-refractivity contribution is 0.0758. The van der Waals surface area contributed by atoms with Crippen LogP contribution in [0.5, 0.6) is 0 Å². The Bertz CT molecular complexity index is 196. The van der Waals surface area contributed by atoms with Crippen LogP contribution in [0.1, 0.15) is 0 Å². The van der Waals surface area contributed by atoms with Gasteiger partial charge in [0.1, 0.15) is 12.2 Å². The Morgan fingerprint density at radius 3 is 2.45 bits per heavy atom. The highest BCUT2D eigenvalue weighted by atomic mass is 28.3. The van der Waals surface area contributed by atoms with Gasteiger partial charge in [0.15, 0.2) is 0 Å². The van der Waals surface area contributed by atoms with Gasteiger partial charge in [-0.1, -0.05) is 36.5 Å². The van der Waals surface area contributed by atoms with Crippen molar-refractivity contribution in [3.05, 3.63) is 23.4 Å².